The maximum absolute atomic E-state index is 12.7. The standard InChI is InChI=1S/C21H19ClN8O3/c1-12(15-5-9-17(10-6-15)32-11-14-3-7-16(22)8-4-14)24-26-21(31)18-13(2)25-29-30(18)20-19(23)27-33-28-20/h3-10H,11H2,1-2H3,(H2,23,27)(H,26,31)/b24-12-. The average Bonchev–Trinajstić information content (AvgIpc) is 3.42. The summed E-state index contributed by atoms with van der Waals surface area (Å²) in [5.41, 5.74) is 11.1. The number of rotatable bonds is 7. The first kappa shape index (κ1) is 22.0. The van der Waals surface area contributed by atoms with Crippen molar-refractivity contribution < 1.29 is 14.2 Å². The zero-order valence-corrected chi connectivity index (χ0v) is 18.4. The Bertz CT molecular complexity index is 1300. The van der Waals surface area contributed by atoms with Crippen LogP contribution >= 0.6 is 11.6 Å². The van der Waals surface area contributed by atoms with Crippen molar-refractivity contribution in [1.82, 2.24) is 30.7 Å². The number of hydrogen-bond donors (Lipinski definition) is 2. The van der Waals surface area contributed by atoms with Gasteiger partial charge in [0.15, 0.2) is 5.69 Å². The molecule has 0 bridgehead atoms. The van der Waals surface area contributed by atoms with Crippen molar-refractivity contribution in [2.75, 3.05) is 5.73 Å². The van der Waals surface area contributed by atoms with E-state index in [-0.39, 0.29) is 17.3 Å². The molecule has 12 heteroatoms. The maximum Gasteiger partial charge on any atom is 0.292 e. The third-order valence-corrected chi connectivity index (χ3v) is 4.92. The first-order valence-electron chi connectivity index (χ1n) is 9.75. The Morgan fingerprint density at radius 3 is 2.58 bits per heavy atom. The first-order valence-corrected chi connectivity index (χ1v) is 10.1. The van der Waals surface area contributed by atoms with Crippen LogP contribution in [-0.4, -0.2) is 36.9 Å². The number of aromatic nitrogens is 5. The van der Waals surface area contributed by atoms with Gasteiger partial charge in [-0.3, -0.25) is 4.79 Å². The second-order valence-electron chi connectivity index (χ2n) is 6.99. The Hall–Kier alpha value is -4.25. The lowest BCUT2D eigenvalue weighted by atomic mass is 10.1. The van der Waals surface area contributed by atoms with Crippen LogP contribution in [0.25, 0.3) is 5.82 Å². The molecule has 0 saturated carbocycles. The fourth-order valence-corrected chi connectivity index (χ4v) is 3.02. The number of aryl methyl sites for hydroxylation is 1. The number of ether oxygens (including phenoxy) is 1. The summed E-state index contributed by atoms with van der Waals surface area (Å²) in [4.78, 5) is 12.7. The van der Waals surface area contributed by atoms with Crippen molar-refractivity contribution >= 4 is 29.0 Å². The second kappa shape index (κ2) is 9.49. The minimum atomic E-state index is -0.540. The molecule has 1 amide bonds. The van der Waals surface area contributed by atoms with Crippen LogP contribution < -0.4 is 15.9 Å². The molecule has 3 N–H and O–H groups in total. The van der Waals surface area contributed by atoms with Crippen LogP contribution in [0.3, 0.4) is 0 Å². The molecule has 0 aliphatic heterocycles. The van der Waals surface area contributed by atoms with Gasteiger partial charge in [-0.15, -0.1) is 5.10 Å². The molecule has 4 rings (SSSR count). The first-order chi connectivity index (χ1) is 15.9. The summed E-state index contributed by atoms with van der Waals surface area (Å²) >= 11 is 5.90. The number of nitrogens with zero attached hydrogens (tertiary/aromatic N) is 6. The third-order valence-electron chi connectivity index (χ3n) is 4.67. The molecule has 0 aliphatic rings. The van der Waals surface area contributed by atoms with Crippen molar-refractivity contribution in [1.29, 1.82) is 0 Å². The molecule has 4 aromatic rings. The van der Waals surface area contributed by atoms with Crippen LogP contribution in [0, 0.1) is 6.92 Å². The Kier molecular flexibility index (Phi) is 6.31. The number of halogens is 1. The summed E-state index contributed by atoms with van der Waals surface area (Å²) in [6.45, 7) is 3.82. The van der Waals surface area contributed by atoms with Crippen LogP contribution in [0.4, 0.5) is 5.82 Å². The molecule has 11 nitrogen and oxygen atoms in total. The van der Waals surface area contributed by atoms with Crippen molar-refractivity contribution in [3.63, 3.8) is 0 Å². The van der Waals surface area contributed by atoms with Crippen LogP contribution in [0.2, 0.25) is 5.02 Å². The summed E-state index contributed by atoms with van der Waals surface area (Å²) in [6, 6.07) is 14.8. The number of hydrazone groups is 1. The number of carbonyl (C=O) groups excluding carboxylic acids is 1. The van der Waals surface area contributed by atoms with E-state index < -0.39 is 5.91 Å². The number of carbonyl (C=O) groups is 1. The number of nitrogens with one attached hydrogen (secondary N) is 1. The van der Waals surface area contributed by atoms with Crippen LogP contribution in [0.5, 0.6) is 5.75 Å². The van der Waals surface area contributed by atoms with E-state index in [0.29, 0.717) is 28.8 Å². The van der Waals surface area contributed by atoms with E-state index in [1.54, 1.807) is 13.8 Å². The van der Waals surface area contributed by atoms with E-state index in [0.717, 1.165) is 15.8 Å². The number of nitrogen functional groups attached to an aromatic ring is 1. The number of benzene rings is 2. The van der Waals surface area contributed by atoms with Crippen LogP contribution in [0.1, 0.15) is 34.2 Å². The summed E-state index contributed by atoms with van der Waals surface area (Å²) in [5.74, 6) is 0.208. The number of nitrogens with two attached hydrogens (primary N) is 1. The van der Waals surface area contributed by atoms with E-state index in [1.807, 2.05) is 48.5 Å². The van der Waals surface area contributed by atoms with Gasteiger partial charge < -0.3 is 10.5 Å². The molecule has 0 fully saturated rings. The van der Waals surface area contributed by atoms with Gasteiger partial charge in [0.2, 0.25) is 11.6 Å². The highest BCUT2D eigenvalue weighted by Crippen LogP contribution is 2.17. The van der Waals surface area contributed by atoms with E-state index in [2.05, 4.69) is 35.8 Å². The topological polar surface area (TPSA) is 146 Å². The summed E-state index contributed by atoms with van der Waals surface area (Å²) in [5, 5.41) is 19.8. The van der Waals surface area contributed by atoms with Gasteiger partial charge in [0.05, 0.1) is 11.4 Å². The normalized spacial score (nSPS) is 11.4. The SMILES string of the molecule is C/C(=N/NC(=O)c1c(C)nnn1-c1nonc1N)c1ccc(OCc2ccc(Cl)cc2)cc1. The lowest BCUT2D eigenvalue weighted by Gasteiger charge is -2.08. The van der Waals surface area contributed by atoms with Gasteiger partial charge in [-0.05, 0) is 71.7 Å². The van der Waals surface area contributed by atoms with E-state index >= 15 is 0 Å². The summed E-state index contributed by atoms with van der Waals surface area (Å²) < 4.78 is 11.5. The van der Waals surface area contributed by atoms with Gasteiger partial charge in [-0.25, -0.2) is 10.1 Å². The van der Waals surface area contributed by atoms with Gasteiger partial charge in [0.25, 0.3) is 5.91 Å². The number of amides is 1. The van der Waals surface area contributed by atoms with E-state index in [9.17, 15) is 4.79 Å². The van der Waals surface area contributed by atoms with Gasteiger partial charge in [-0.2, -0.15) is 9.78 Å². The molecule has 2 heterocycles. The molecule has 168 valence electrons. The highest BCUT2D eigenvalue weighted by Gasteiger charge is 2.22. The molecule has 0 spiro atoms. The van der Waals surface area contributed by atoms with E-state index in [4.69, 9.17) is 22.1 Å². The van der Waals surface area contributed by atoms with Crippen LogP contribution in [0.15, 0.2) is 58.3 Å². The lowest BCUT2D eigenvalue weighted by Crippen LogP contribution is -2.24. The molecular formula is C21H19ClN8O3. The molecule has 0 aliphatic carbocycles. The molecular weight excluding hydrogens is 448 g/mol. The average molecular weight is 467 g/mol. The number of anilines is 1. The Morgan fingerprint density at radius 1 is 1.18 bits per heavy atom. The van der Waals surface area contributed by atoms with E-state index in [1.165, 1.54) is 0 Å². The molecule has 2 aromatic heterocycles. The quantitative estimate of drug-likeness (QED) is 0.312. The largest absolute Gasteiger partial charge is 0.489 e. The van der Waals surface area contributed by atoms with Gasteiger partial charge in [0, 0.05) is 5.02 Å². The molecule has 0 saturated heterocycles. The van der Waals surface area contributed by atoms with Crippen molar-refractivity contribution in [2.24, 2.45) is 5.10 Å². The van der Waals surface area contributed by atoms with Gasteiger partial charge in [0.1, 0.15) is 12.4 Å². The smallest absolute Gasteiger partial charge is 0.292 e. The fraction of sp³-hybridized carbons (Fsp3) is 0.143. The maximum atomic E-state index is 12.7. The summed E-state index contributed by atoms with van der Waals surface area (Å²) in [6.07, 6.45) is 0. The predicted octanol–water partition coefficient (Wildman–Crippen LogP) is 2.93. The zero-order chi connectivity index (χ0) is 23.4. The van der Waals surface area contributed by atoms with Gasteiger partial charge >= 0.3 is 0 Å². The van der Waals surface area contributed by atoms with Crippen LogP contribution in [-0.2, 0) is 6.61 Å². The highest BCUT2D eigenvalue weighted by molar-refractivity contribution is 6.30. The fourth-order valence-electron chi connectivity index (χ4n) is 2.90. The second-order valence-corrected chi connectivity index (χ2v) is 7.42. The predicted molar refractivity (Wildman–Crippen MR) is 120 cm³/mol. The van der Waals surface area contributed by atoms with Crippen molar-refractivity contribution in [3.05, 3.63) is 76.1 Å². The molecule has 0 atom stereocenters. The Balaban J connectivity index is 1.41. The third kappa shape index (κ3) is 4.99. The lowest BCUT2D eigenvalue weighted by molar-refractivity contribution is 0.0946. The molecule has 0 radical (unpaired) electrons. The minimum Gasteiger partial charge on any atom is -0.489 e. The molecule has 2 aromatic carbocycles. The Labute approximate surface area is 193 Å². The highest BCUT2D eigenvalue weighted by atomic mass is 35.5. The van der Waals surface area contributed by atoms with Crippen molar-refractivity contribution in [3.8, 4) is 11.6 Å². The number of hydrogen-bond acceptors (Lipinski definition) is 9. The molecule has 0 unspecified atom stereocenters. The van der Waals surface area contributed by atoms with Gasteiger partial charge in [-0.1, -0.05) is 28.9 Å². The van der Waals surface area contributed by atoms with Crippen molar-refractivity contribution in [2.45, 2.75) is 20.5 Å². The minimum absolute atomic E-state index is 0.0213. The zero-order valence-electron chi connectivity index (χ0n) is 17.7. The molecule has 33 heavy (non-hydrogen) atoms. The summed E-state index contributed by atoms with van der Waals surface area (Å²) in [7, 11) is 0. The Morgan fingerprint density at radius 2 is 1.91 bits per heavy atom. The monoisotopic (exact) mass is 466 g/mol.